The third kappa shape index (κ3) is 6.26. The molecule has 0 bridgehead atoms. The third-order valence-electron chi connectivity index (χ3n) is 6.09. The lowest BCUT2D eigenvalue weighted by Gasteiger charge is -2.34. The third-order valence-corrected chi connectivity index (χ3v) is 6.09. The molecule has 0 atom stereocenters. The number of nitrogens with one attached hydrogen (secondary N) is 1. The van der Waals surface area contributed by atoms with E-state index < -0.39 is 0 Å². The summed E-state index contributed by atoms with van der Waals surface area (Å²) >= 11 is 0. The van der Waals surface area contributed by atoms with Gasteiger partial charge >= 0.3 is 0 Å². The van der Waals surface area contributed by atoms with Gasteiger partial charge in [-0.2, -0.15) is 5.26 Å². The minimum atomic E-state index is 0.750. The Morgan fingerprint density at radius 2 is 1.64 bits per heavy atom. The van der Waals surface area contributed by atoms with Gasteiger partial charge in [-0.1, -0.05) is 30.3 Å². The van der Waals surface area contributed by atoms with Gasteiger partial charge in [0.05, 0.1) is 23.7 Å². The van der Waals surface area contributed by atoms with Crippen molar-refractivity contribution in [3.63, 3.8) is 0 Å². The minimum Gasteiger partial charge on any atom is -0.369 e. The smallest absolute Gasteiger partial charge is 0.145 e. The number of benzene rings is 2. The summed E-state index contributed by atoms with van der Waals surface area (Å²) in [5.74, 6) is 1.80. The van der Waals surface area contributed by atoms with Gasteiger partial charge in [-0.3, -0.25) is 9.80 Å². The Labute approximate surface area is 196 Å². The first-order valence-corrected chi connectivity index (χ1v) is 11.7. The Bertz CT molecular complexity index is 1100. The topological polar surface area (TPSA) is 71.3 Å². The number of para-hydroxylation sites is 1. The molecule has 1 aliphatic heterocycles. The van der Waals surface area contributed by atoms with Gasteiger partial charge in [0.1, 0.15) is 11.6 Å². The molecular weight excluding hydrogens is 410 g/mol. The standard InChI is InChI=1S/C26H33N7/c1-31(2)13-7-12-28-26-23-10-5-6-11-24(23)29-25(30-26)20-33-16-14-32(15-17-33)19-22-9-4-3-8-21(22)18-27/h3-6,8-11H,7,12-17,19-20H2,1-2H3,(H,28,29,30). The Balaban J connectivity index is 1.37. The molecule has 7 nitrogen and oxygen atoms in total. The maximum atomic E-state index is 9.35. The highest BCUT2D eigenvalue weighted by Crippen LogP contribution is 2.21. The van der Waals surface area contributed by atoms with Gasteiger partial charge in [-0.15, -0.1) is 0 Å². The first-order chi connectivity index (χ1) is 16.1. The number of nitrogens with zero attached hydrogens (tertiary/aromatic N) is 6. The summed E-state index contributed by atoms with van der Waals surface area (Å²) in [6, 6.07) is 18.4. The van der Waals surface area contributed by atoms with E-state index in [1.165, 1.54) is 0 Å². The van der Waals surface area contributed by atoms with Crippen LogP contribution >= 0.6 is 0 Å². The molecule has 2 heterocycles. The van der Waals surface area contributed by atoms with Crippen molar-refractivity contribution >= 4 is 16.7 Å². The van der Waals surface area contributed by atoms with Crippen LogP contribution in [0, 0.1) is 11.3 Å². The number of nitriles is 1. The molecule has 0 radical (unpaired) electrons. The van der Waals surface area contributed by atoms with Gasteiger partial charge in [0.2, 0.25) is 0 Å². The van der Waals surface area contributed by atoms with Crippen LogP contribution in [-0.4, -0.2) is 78.0 Å². The van der Waals surface area contributed by atoms with Crippen LogP contribution in [-0.2, 0) is 13.1 Å². The molecule has 0 amide bonds. The molecule has 0 saturated carbocycles. The molecule has 0 unspecified atom stereocenters. The predicted molar refractivity (Wildman–Crippen MR) is 133 cm³/mol. The first-order valence-electron chi connectivity index (χ1n) is 11.7. The van der Waals surface area contributed by atoms with Crippen molar-refractivity contribution in [3.8, 4) is 6.07 Å². The molecule has 1 aromatic heterocycles. The van der Waals surface area contributed by atoms with Crippen molar-refractivity contribution < 1.29 is 0 Å². The van der Waals surface area contributed by atoms with E-state index in [1.807, 2.05) is 30.3 Å². The van der Waals surface area contributed by atoms with Crippen molar-refractivity contribution in [2.75, 3.05) is 58.7 Å². The van der Waals surface area contributed by atoms with Gasteiger partial charge in [0.25, 0.3) is 0 Å². The van der Waals surface area contributed by atoms with Gasteiger partial charge in [0.15, 0.2) is 0 Å². The summed E-state index contributed by atoms with van der Waals surface area (Å²) < 4.78 is 0. The molecule has 0 spiro atoms. The van der Waals surface area contributed by atoms with Crippen molar-refractivity contribution in [1.82, 2.24) is 24.7 Å². The number of fused-ring (bicyclic) bond motifs is 1. The highest BCUT2D eigenvalue weighted by atomic mass is 15.3. The van der Waals surface area contributed by atoms with Crippen LogP contribution in [0.15, 0.2) is 48.5 Å². The average molecular weight is 444 g/mol. The lowest BCUT2D eigenvalue weighted by molar-refractivity contribution is 0.120. The van der Waals surface area contributed by atoms with Crippen molar-refractivity contribution in [1.29, 1.82) is 5.26 Å². The zero-order chi connectivity index (χ0) is 23.0. The average Bonchev–Trinajstić information content (AvgIpc) is 2.83. The highest BCUT2D eigenvalue weighted by molar-refractivity contribution is 5.88. The number of aromatic nitrogens is 2. The van der Waals surface area contributed by atoms with E-state index in [0.29, 0.717) is 0 Å². The van der Waals surface area contributed by atoms with Crippen LogP contribution in [0.2, 0.25) is 0 Å². The van der Waals surface area contributed by atoms with E-state index >= 15 is 0 Å². The zero-order valence-electron chi connectivity index (χ0n) is 19.7. The molecule has 1 aliphatic rings. The SMILES string of the molecule is CN(C)CCCNc1nc(CN2CCN(Cc3ccccc3C#N)CC2)nc2ccccc12. The second-order valence-electron chi connectivity index (χ2n) is 8.91. The fourth-order valence-corrected chi connectivity index (χ4v) is 4.25. The second-order valence-corrected chi connectivity index (χ2v) is 8.91. The summed E-state index contributed by atoms with van der Waals surface area (Å²) in [7, 11) is 4.19. The van der Waals surface area contributed by atoms with Gasteiger partial charge in [-0.25, -0.2) is 9.97 Å². The van der Waals surface area contributed by atoms with E-state index in [1.54, 1.807) is 0 Å². The molecule has 1 saturated heterocycles. The molecule has 1 N–H and O–H groups in total. The maximum absolute atomic E-state index is 9.35. The molecule has 1 fully saturated rings. The molecule has 7 heteroatoms. The molecule has 33 heavy (non-hydrogen) atoms. The fraction of sp³-hybridized carbons (Fsp3) is 0.423. The molecule has 3 aromatic rings. The number of hydrogen-bond donors (Lipinski definition) is 1. The van der Waals surface area contributed by atoms with Crippen LogP contribution in [0.4, 0.5) is 5.82 Å². The summed E-state index contributed by atoms with van der Waals surface area (Å²) in [6.45, 7) is 7.40. The Morgan fingerprint density at radius 1 is 0.939 bits per heavy atom. The van der Waals surface area contributed by atoms with Crippen LogP contribution in [0.5, 0.6) is 0 Å². The fourth-order valence-electron chi connectivity index (χ4n) is 4.25. The van der Waals surface area contributed by atoms with Crippen LogP contribution in [0.3, 0.4) is 0 Å². The van der Waals surface area contributed by atoms with Crippen LogP contribution in [0.1, 0.15) is 23.4 Å². The monoisotopic (exact) mass is 443 g/mol. The summed E-state index contributed by atoms with van der Waals surface area (Å²) in [5.41, 5.74) is 2.87. The number of hydrogen-bond acceptors (Lipinski definition) is 7. The van der Waals surface area contributed by atoms with Crippen LogP contribution < -0.4 is 5.32 Å². The molecule has 172 valence electrons. The van der Waals surface area contributed by atoms with Crippen molar-refractivity contribution in [3.05, 3.63) is 65.5 Å². The van der Waals surface area contributed by atoms with Crippen molar-refractivity contribution in [2.45, 2.75) is 19.5 Å². The van der Waals surface area contributed by atoms with Crippen LogP contribution in [0.25, 0.3) is 10.9 Å². The zero-order valence-corrected chi connectivity index (χ0v) is 19.7. The van der Waals surface area contributed by atoms with Gasteiger partial charge in [0, 0.05) is 44.7 Å². The van der Waals surface area contributed by atoms with Crippen molar-refractivity contribution in [2.24, 2.45) is 0 Å². The molecular formula is C26H33N7. The number of piperazine rings is 1. The van der Waals surface area contributed by atoms with E-state index in [9.17, 15) is 5.26 Å². The largest absolute Gasteiger partial charge is 0.369 e. The van der Waals surface area contributed by atoms with E-state index in [0.717, 1.165) is 92.5 Å². The van der Waals surface area contributed by atoms with Gasteiger partial charge in [-0.05, 0) is 50.8 Å². The summed E-state index contributed by atoms with van der Waals surface area (Å²) in [6.07, 6.45) is 1.07. The quantitative estimate of drug-likeness (QED) is 0.509. The normalized spacial score (nSPS) is 15.1. The predicted octanol–water partition coefficient (Wildman–Crippen LogP) is 3.18. The Kier molecular flexibility index (Phi) is 7.84. The van der Waals surface area contributed by atoms with E-state index in [4.69, 9.17) is 9.97 Å². The lowest BCUT2D eigenvalue weighted by atomic mass is 10.1. The van der Waals surface area contributed by atoms with E-state index in [2.05, 4.69) is 58.4 Å². The molecule has 2 aromatic carbocycles. The number of rotatable bonds is 9. The minimum absolute atomic E-state index is 0.750. The Hall–Kier alpha value is -3.05. The summed E-state index contributed by atoms with van der Waals surface area (Å²) in [5, 5.41) is 14.0. The highest BCUT2D eigenvalue weighted by Gasteiger charge is 2.19. The maximum Gasteiger partial charge on any atom is 0.145 e. The summed E-state index contributed by atoms with van der Waals surface area (Å²) in [4.78, 5) is 16.8. The molecule has 0 aliphatic carbocycles. The lowest BCUT2D eigenvalue weighted by Crippen LogP contribution is -2.45. The Morgan fingerprint density at radius 3 is 2.39 bits per heavy atom. The number of anilines is 1. The van der Waals surface area contributed by atoms with E-state index in [-0.39, 0.29) is 0 Å². The first kappa shape index (κ1) is 23.1. The van der Waals surface area contributed by atoms with Gasteiger partial charge < -0.3 is 10.2 Å². The second kappa shape index (κ2) is 11.2. The molecule has 4 rings (SSSR count).